The van der Waals surface area contributed by atoms with E-state index in [-0.39, 0.29) is 12.0 Å². The largest absolute Gasteiger partial charge is 0.450 e. The Morgan fingerprint density at radius 2 is 1.85 bits per heavy atom. The van der Waals surface area contributed by atoms with E-state index in [0.717, 1.165) is 58.4 Å². The van der Waals surface area contributed by atoms with Gasteiger partial charge in [0.1, 0.15) is 0 Å². The average molecular weight is 366 g/mol. The van der Waals surface area contributed by atoms with Crippen molar-refractivity contribution in [2.45, 2.75) is 71.4 Å². The molecule has 1 aliphatic carbocycles. The quantitative estimate of drug-likeness (QED) is 0.752. The number of hydrogen-bond donors (Lipinski definition) is 0. The van der Waals surface area contributed by atoms with E-state index in [1.807, 2.05) is 11.8 Å². The van der Waals surface area contributed by atoms with Crippen LogP contribution in [0.4, 0.5) is 4.79 Å². The molecule has 0 aromatic carbocycles. The van der Waals surface area contributed by atoms with Crippen LogP contribution in [0.1, 0.15) is 59.3 Å². The number of piperidine rings is 1. The van der Waals surface area contributed by atoms with Gasteiger partial charge in [0.05, 0.1) is 6.61 Å². The van der Waals surface area contributed by atoms with Crippen LogP contribution in [0.3, 0.4) is 0 Å². The van der Waals surface area contributed by atoms with Crippen LogP contribution in [-0.2, 0) is 9.53 Å². The van der Waals surface area contributed by atoms with Crippen LogP contribution in [0, 0.1) is 5.41 Å². The van der Waals surface area contributed by atoms with Gasteiger partial charge in [-0.05, 0) is 50.9 Å². The molecule has 2 heterocycles. The number of carbonyl (C=O) groups is 2. The lowest BCUT2D eigenvalue weighted by Gasteiger charge is -2.52. The fourth-order valence-electron chi connectivity index (χ4n) is 5.24. The molecule has 3 rings (SSSR count). The van der Waals surface area contributed by atoms with Crippen molar-refractivity contribution >= 4 is 12.0 Å². The Kier molecular flexibility index (Phi) is 6.10. The second kappa shape index (κ2) is 8.15. The van der Waals surface area contributed by atoms with Crippen LogP contribution in [0.5, 0.6) is 0 Å². The van der Waals surface area contributed by atoms with Crippen molar-refractivity contribution < 1.29 is 14.3 Å². The minimum atomic E-state index is -0.145. The van der Waals surface area contributed by atoms with E-state index in [2.05, 4.69) is 16.7 Å². The highest BCUT2D eigenvalue weighted by atomic mass is 16.6. The summed E-state index contributed by atoms with van der Waals surface area (Å²) in [4.78, 5) is 30.4. The lowest BCUT2D eigenvalue weighted by Crippen LogP contribution is -2.56. The molecule has 148 valence electrons. The van der Waals surface area contributed by atoms with E-state index >= 15 is 0 Å². The average Bonchev–Trinajstić information content (AvgIpc) is 3.04. The van der Waals surface area contributed by atoms with E-state index in [9.17, 15) is 9.59 Å². The number of amides is 2. The molecule has 2 saturated heterocycles. The molecule has 0 unspecified atom stereocenters. The van der Waals surface area contributed by atoms with Gasteiger partial charge in [-0.3, -0.25) is 4.79 Å². The summed E-state index contributed by atoms with van der Waals surface area (Å²) in [5.74, 6) is 0.220. The molecule has 0 atom stereocenters. The summed E-state index contributed by atoms with van der Waals surface area (Å²) in [6, 6.07) is 1.08. The molecular formula is C20H35N3O3. The summed E-state index contributed by atoms with van der Waals surface area (Å²) in [7, 11) is 0. The lowest BCUT2D eigenvalue weighted by atomic mass is 9.64. The SMILES string of the molecule is CCCN(C(C)=O)C1CCN(C2CC3(CCN(C(=O)OCC)C3)C2)CC1. The molecule has 1 spiro atoms. The van der Waals surface area contributed by atoms with Crippen LogP contribution < -0.4 is 0 Å². The molecule has 3 fully saturated rings. The Morgan fingerprint density at radius 3 is 2.42 bits per heavy atom. The fraction of sp³-hybridized carbons (Fsp3) is 0.900. The maximum atomic E-state index is 11.9. The Labute approximate surface area is 157 Å². The number of hydrogen-bond acceptors (Lipinski definition) is 4. The van der Waals surface area contributed by atoms with Crippen LogP contribution >= 0.6 is 0 Å². The smallest absolute Gasteiger partial charge is 0.409 e. The Bertz CT molecular complexity index is 510. The highest BCUT2D eigenvalue weighted by Crippen LogP contribution is 2.50. The van der Waals surface area contributed by atoms with Crippen molar-refractivity contribution in [2.24, 2.45) is 5.41 Å². The third kappa shape index (κ3) is 4.00. The second-order valence-electron chi connectivity index (χ2n) is 8.41. The fourth-order valence-corrected chi connectivity index (χ4v) is 5.24. The third-order valence-corrected chi connectivity index (χ3v) is 6.63. The number of nitrogens with zero attached hydrogens (tertiary/aromatic N) is 3. The van der Waals surface area contributed by atoms with Gasteiger partial charge in [0.15, 0.2) is 0 Å². The predicted molar refractivity (Wildman–Crippen MR) is 101 cm³/mol. The maximum Gasteiger partial charge on any atom is 0.409 e. The summed E-state index contributed by atoms with van der Waals surface area (Å²) >= 11 is 0. The van der Waals surface area contributed by atoms with E-state index in [1.54, 1.807) is 6.92 Å². The first-order valence-electron chi connectivity index (χ1n) is 10.4. The second-order valence-corrected chi connectivity index (χ2v) is 8.41. The molecule has 3 aliphatic rings. The topological polar surface area (TPSA) is 53.1 Å². The van der Waals surface area contributed by atoms with Crippen molar-refractivity contribution in [2.75, 3.05) is 39.3 Å². The first kappa shape index (κ1) is 19.5. The van der Waals surface area contributed by atoms with Gasteiger partial charge in [-0.25, -0.2) is 4.79 Å². The normalized spacial score (nSPS) is 29.7. The third-order valence-electron chi connectivity index (χ3n) is 6.63. The standard InChI is InChI=1S/C20H35N3O3/c1-4-9-23(16(3)24)17-6-10-21(11-7-17)18-13-20(14-18)8-12-22(15-20)19(25)26-5-2/h17-18H,4-15H2,1-3H3. The van der Waals surface area contributed by atoms with Crippen molar-refractivity contribution in [3.05, 3.63) is 0 Å². The van der Waals surface area contributed by atoms with Gasteiger partial charge in [-0.1, -0.05) is 6.92 Å². The molecule has 6 heteroatoms. The van der Waals surface area contributed by atoms with Crippen LogP contribution in [0.25, 0.3) is 0 Å². The minimum Gasteiger partial charge on any atom is -0.450 e. The zero-order valence-electron chi connectivity index (χ0n) is 16.7. The Balaban J connectivity index is 1.44. The summed E-state index contributed by atoms with van der Waals surface area (Å²) in [6.45, 7) is 11.0. The Morgan fingerprint density at radius 1 is 1.15 bits per heavy atom. The molecule has 0 aromatic rings. The molecule has 0 radical (unpaired) electrons. The summed E-state index contributed by atoms with van der Waals surface area (Å²) < 4.78 is 5.15. The van der Waals surface area contributed by atoms with Gasteiger partial charge in [0, 0.05) is 51.7 Å². The first-order chi connectivity index (χ1) is 12.5. The maximum absolute atomic E-state index is 11.9. The van der Waals surface area contributed by atoms with Gasteiger partial charge >= 0.3 is 6.09 Å². The number of carbonyl (C=O) groups excluding carboxylic acids is 2. The minimum absolute atomic E-state index is 0.145. The Hall–Kier alpha value is -1.30. The molecule has 0 N–H and O–H groups in total. The van der Waals surface area contributed by atoms with Crippen molar-refractivity contribution in [3.8, 4) is 0 Å². The zero-order valence-corrected chi connectivity index (χ0v) is 16.7. The number of ether oxygens (including phenoxy) is 1. The van der Waals surface area contributed by atoms with Crippen LogP contribution in [-0.4, -0.2) is 78.1 Å². The van der Waals surface area contributed by atoms with Crippen LogP contribution in [0.2, 0.25) is 0 Å². The predicted octanol–water partition coefficient (Wildman–Crippen LogP) is 2.72. The summed E-state index contributed by atoms with van der Waals surface area (Å²) in [5.41, 5.74) is 0.335. The van der Waals surface area contributed by atoms with Gasteiger partial charge in [-0.2, -0.15) is 0 Å². The number of likely N-dealkylation sites (tertiary alicyclic amines) is 2. The monoisotopic (exact) mass is 365 g/mol. The van der Waals surface area contributed by atoms with Gasteiger partial charge < -0.3 is 19.4 Å². The molecule has 0 aromatic heterocycles. The summed E-state index contributed by atoms with van der Waals surface area (Å²) in [5, 5.41) is 0. The highest BCUT2D eigenvalue weighted by Gasteiger charge is 2.51. The van der Waals surface area contributed by atoms with Crippen molar-refractivity contribution in [3.63, 3.8) is 0 Å². The van der Waals surface area contributed by atoms with Crippen LogP contribution in [0.15, 0.2) is 0 Å². The molecule has 26 heavy (non-hydrogen) atoms. The molecule has 1 saturated carbocycles. The zero-order chi connectivity index (χ0) is 18.7. The van der Waals surface area contributed by atoms with E-state index < -0.39 is 0 Å². The molecule has 6 nitrogen and oxygen atoms in total. The van der Waals surface area contributed by atoms with Gasteiger partial charge in [0.25, 0.3) is 0 Å². The molecule has 2 aliphatic heterocycles. The van der Waals surface area contributed by atoms with Crippen molar-refractivity contribution in [1.82, 2.24) is 14.7 Å². The van der Waals surface area contributed by atoms with E-state index in [0.29, 0.717) is 24.1 Å². The van der Waals surface area contributed by atoms with Crippen molar-refractivity contribution in [1.29, 1.82) is 0 Å². The van der Waals surface area contributed by atoms with E-state index in [4.69, 9.17) is 4.74 Å². The van der Waals surface area contributed by atoms with Gasteiger partial charge in [0.2, 0.25) is 5.91 Å². The number of rotatable bonds is 5. The molecule has 0 bridgehead atoms. The highest BCUT2D eigenvalue weighted by molar-refractivity contribution is 5.73. The van der Waals surface area contributed by atoms with Gasteiger partial charge in [-0.15, -0.1) is 0 Å². The van der Waals surface area contributed by atoms with E-state index in [1.165, 1.54) is 12.8 Å². The first-order valence-corrected chi connectivity index (χ1v) is 10.4. The molecule has 2 amide bonds. The lowest BCUT2D eigenvalue weighted by molar-refractivity contribution is -0.132. The summed E-state index contributed by atoms with van der Waals surface area (Å²) in [6.07, 6.45) is 6.61. The molecular weight excluding hydrogens is 330 g/mol.